The highest BCUT2D eigenvalue weighted by Gasteiger charge is 2.07. The molecule has 2 aromatic rings. The van der Waals surface area contributed by atoms with E-state index in [9.17, 15) is 4.79 Å². The number of anilines is 2. The molecule has 0 aliphatic rings. The molecule has 0 unspecified atom stereocenters. The fourth-order valence-electron chi connectivity index (χ4n) is 2.00. The first kappa shape index (κ1) is 17.2. The van der Waals surface area contributed by atoms with Crippen LogP contribution in [-0.2, 0) is 0 Å². The van der Waals surface area contributed by atoms with Gasteiger partial charge in [0.2, 0.25) is 0 Å². The Labute approximate surface area is 141 Å². The van der Waals surface area contributed by atoms with Gasteiger partial charge in [0.1, 0.15) is 11.5 Å². The molecule has 0 fully saturated rings. The minimum atomic E-state index is -0.196. The maximum atomic E-state index is 11.9. The average Bonchev–Trinajstić information content (AvgIpc) is 2.55. The topological polar surface area (TPSA) is 66.9 Å². The minimum absolute atomic E-state index is 0.196. The Morgan fingerprint density at radius 3 is 2.70 bits per heavy atom. The van der Waals surface area contributed by atoms with Crippen LogP contribution in [0.5, 0.6) is 0 Å². The van der Waals surface area contributed by atoms with Crippen LogP contribution < -0.4 is 10.6 Å². The van der Waals surface area contributed by atoms with E-state index >= 15 is 0 Å². The van der Waals surface area contributed by atoms with Gasteiger partial charge in [-0.05, 0) is 31.0 Å². The Morgan fingerprint density at radius 2 is 2.04 bits per heavy atom. The van der Waals surface area contributed by atoms with Gasteiger partial charge in [-0.1, -0.05) is 37.4 Å². The Hall–Kier alpha value is -2.14. The van der Waals surface area contributed by atoms with Crippen molar-refractivity contribution in [2.24, 2.45) is 0 Å². The zero-order chi connectivity index (χ0) is 16.7. The Balaban J connectivity index is 1.93. The smallest absolute Gasteiger partial charge is 0.271 e. The molecule has 122 valence electrons. The van der Waals surface area contributed by atoms with E-state index in [2.05, 4.69) is 27.5 Å². The Morgan fingerprint density at radius 1 is 1.22 bits per heavy atom. The van der Waals surface area contributed by atoms with Crippen molar-refractivity contribution in [1.82, 2.24) is 15.3 Å². The van der Waals surface area contributed by atoms with Gasteiger partial charge in [0.25, 0.3) is 5.91 Å². The van der Waals surface area contributed by atoms with Gasteiger partial charge in [-0.15, -0.1) is 0 Å². The number of unbranched alkanes of at least 4 members (excludes halogenated alkanes) is 2. The van der Waals surface area contributed by atoms with Gasteiger partial charge in [-0.2, -0.15) is 0 Å². The molecule has 0 aliphatic carbocycles. The standard InChI is InChI=1S/C17H21ClN4O/c1-3-4-5-8-19-17(23)15-10-21-16(11-20-15)22-13-7-6-12(2)14(18)9-13/h6-7,9-11H,3-5,8H2,1-2H3,(H,19,23)(H,21,22). The monoisotopic (exact) mass is 332 g/mol. The summed E-state index contributed by atoms with van der Waals surface area (Å²) in [6.45, 7) is 4.73. The maximum absolute atomic E-state index is 11.9. The normalized spacial score (nSPS) is 10.4. The lowest BCUT2D eigenvalue weighted by atomic mass is 10.2. The number of nitrogens with zero attached hydrogens (tertiary/aromatic N) is 2. The number of aromatic nitrogens is 2. The fraction of sp³-hybridized carbons (Fsp3) is 0.353. The van der Waals surface area contributed by atoms with E-state index in [1.54, 1.807) is 0 Å². The van der Waals surface area contributed by atoms with Crippen LogP contribution >= 0.6 is 11.6 Å². The number of halogens is 1. The lowest BCUT2D eigenvalue weighted by molar-refractivity contribution is 0.0947. The van der Waals surface area contributed by atoms with Gasteiger partial charge in [0, 0.05) is 17.3 Å². The third kappa shape index (κ3) is 5.21. The average molecular weight is 333 g/mol. The van der Waals surface area contributed by atoms with E-state index in [1.165, 1.54) is 12.4 Å². The van der Waals surface area contributed by atoms with Crippen LogP contribution in [0.3, 0.4) is 0 Å². The summed E-state index contributed by atoms with van der Waals surface area (Å²) in [5.41, 5.74) is 2.15. The molecule has 0 atom stereocenters. The molecule has 0 bridgehead atoms. The number of hydrogen-bond acceptors (Lipinski definition) is 4. The van der Waals surface area contributed by atoms with Crippen molar-refractivity contribution >= 4 is 29.0 Å². The number of amides is 1. The molecular formula is C17H21ClN4O. The minimum Gasteiger partial charge on any atom is -0.351 e. The summed E-state index contributed by atoms with van der Waals surface area (Å²) in [5, 5.41) is 6.63. The number of carbonyl (C=O) groups excluding carboxylic acids is 1. The Bertz CT molecular complexity index is 658. The molecule has 0 aliphatic heterocycles. The van der Waals surface area contributed by atoms with E-state index in [0.29, 0.717) is 23.1 Å². The van der Waals surface area contributed by atoms with Gasteiger partial charge < -0.3 is 10.6 Å². The summed E-state index contributed by atoms with van der Waals surface area (Å²) in [6.07, 6.45) is 6.21. The van der Waals surface area contributed by atoms with Crippen LogP contribution in [0.15, 0.2) is 30.6 Å². The molecule has 0 spiro atoms. The molecular weight excluding hydrogens is 312 g/mol. The van der Waals surface area contributed by atoms with Crippen molar-refractivity contribution in [1.29, 1.82) is 0 Å². The van der Waals surface area contributed by atoms with Gasteiger partial charge >= 0.3 is 0 Å². The molecule has 0 saturated heterocycles. The highest BCUT2D eigenvalue weighted by molar-refractivity contribution is 6.31. The molecule has 6 heteroatoms. The maximum Gasteiger partial charge on any atom is 0.271 e. The first-order chi connectivity index (χ1) is 11.1. The summed E-state index contributed by atoms with van der Waals surface area (Å²) < 4.78 is 0. The van der Waals surface area contributed by atoms with E-state index in [-0.39, 0.29) is 5.91 Å². The molecule has 5 nitrogen and oxygen atoms in total. The lowest BCUT2D eigenvalue weighted by Gasteiger charge is -2.08. The van der Waals surface area contributed by atoms with Gasteiger partial charge in [0.05, 0.1) is 12.4 Å². The van der Waals surface area contributed by atoms with E-state index in [4.69, 9.17) is 11.6 Å². The van der Waals surface area contributed by atoms with E-state index in [1.807, 2.05) is 25.1 Å². The number of carbonyl (C=O) groups is 1. The lowest BCUT2D eigenvalue weighted by Crippen LogP contribution is -2.25. The quantitative estimate of drug-likeness (QED) is 0.749. The largest absolute Gasteiger partial charge is 0.351 e. The van der Waals surface area contributed by atoms with Crippen molar-refractivity contribution in [2.75, 3.05) is 11.9 Å². The molecule has 23 heavy (non-hydrogen) atoms. The second kappa shape index (κ2) is 8.48. The number of benzene rings is 1. The second-order valence-electron chi connectivity index (χ2n) is 5.34. The molecule has 0 saturated carbocycles. The molecule has 1 heterocycles. The predicted molar refractivity (Wildman–Crippen MR) is 93.4 cm³/mol. The van der Waals surface area contributed by atoms with Crippen LogP contribution in [0.25, 0.3) is 0 Å². The van der Waals surface area contributed by atoms with Gasteiger partial charge in [-0.25, -0.2) is 9.97 Å². The first-order valence-corrected chi connectivity index (χ1v) is 8.11. The molecule has 1 aromatic carbocycles. The molecule has 0 radical (unpaired) electrons. The highest BCUT2D eigenvalue weighted by Crippen LogP contribution is 2.22. The van der Waals surface area contributed by atoms with E-state index in [0.717, 1.165) is 30.5 Å². The summed E-state index contributed by atoms with van der Waals surface area (Å²) in [7, 11) is 0. The van der Waals surface area contributed by atoms with Crippen LogP contribution in [-0.4, -0.2) is 22.4 Å². The number of hydrogen-bond donors (Lipinski definition) is 2. The number of nitrogens with one attached hydrogen (secondary N) is 2. The highest BCUT2D eigenvalue weighted by atomic mass is 35.5. The van der Waals surface area contributed by atoms with Crippen LogP contribution in [0.1, 0.15) is 42.2 Å². The van der Waals surface area contributed by atoms with Gasteiger partial charge in [-0.3, -0.25) is 4.79 Å². The Kier molecular flexibility index (Phi) is 6.35. The van der Waals surface area contributed by atoms with Gasteiger partial charge in [0.15, 0.2) is 0 Å². The summed E-state index contributed by atoms with van der Waals surface area (Å²) >= 11 is 6.09. The molecule has 1 amide bonds. The molecule has 2 N–H and O–H groups in total. The second-order valence-corrected chi connectivity index (χ2v) is 5.75. The zero-order valence-corrected chi connectivity index (χ0v) is 14.2. The third-order valence-corrected chi connectivity index (χ3v) is 3.80. The fourth-order valence-corrected chi connectivity index (χ4v) is 2.18. The van der Waals surface area contributed by atoms with Crippen LogP contribution in [0, 0.1) is 6.92 Å². The number of rotatable bonds is 7. The van der Waals surface area contributed by atoms with Crippen molar-refractivity contribution in [3.63, 3.8) is 0 Å². The van der Waals surface area contributed by atoms with Crippen molar-refractivity contribution in [3.8, 4) is 0 Å². The first-order valence-electron chi connectivity index (χ1n) is 7.73. The van der Waals surface area contributed by atoms with Crippen molar-refractivity contribution < 1.29 is 4.79 Å². The summed E-state index contributed by atoms with van der Waals surface area (Å²) in [5.74, 6) is 0.367. The molecule has 2 rings (SSSR count). The summed E-state index contributed by atoms with van der Waals surface area (Å²) in [4.78, 5) is 20.3. The SMILES string of the molecule is CCCCCNC(=O)c1cnc(Nc2ccc(C)c(Cl)c2)cn1. The zero-order valence-electron chi connectivity index (χ0n) is 13.4. The third-order valence-electron chi connectivity index (χ3n) is 3.39. The van der Waals surface area contributed by atoms with E-state index < -0.39 is 0 Å². The predicted octanol–water partition coefficient (Wildman–Crippen LogP) is 4.10. The summed E-state index contributed by atoms with van der Waals surface area (Å²) in [6, 6.07) is 5.67. The van der Waals surface area contributed by atoms with Crippen LogP contribution in [0.4, 0.5) is 11.5 Å². The van der Waals surface area contributed by atoms with Crippen molar-refractivity contribution in [3.05, 3.63) is 46.9 Å². The van der Waals surface area contributed by atoms with Crippen LogP contribution in [0.2, 0.25) is 5.02 Å². The number of aryl methyl sites for hydroxylation is 1. The molecule has 1 aromatic heterocycles. The van der Waals surface area contributed by atoms with Crippen molar-refractivity contribution in [2.45, 2.75) is 33.1 Å².